The highest BCUT2D eigenvalue weighted by Gasteiger charge is 2.22. The first-order valence-corrected chi connectivity index (χ1v) is 9.48. The van der Waals surface area contributed by atoms with Crippen LogP contribution in [-0.2, 0) is 0 Å². The maximum Gasteiger partial charge on any atom is 0.287 e. The van der Waals surface area contributed by atoms with Crippen molar-refractivity contribution in [2.45, 2.75) is 13.0 Å². The lowest BCUT2D eigenvalue weighted by Gasteiger charge is -2.26. The molecule has 3 aromatic rings. The van der Waals surface area contributed by atoms with Gasteiger partial charge in [-0.2, -0.15) is 0 Å². The van der Waals surface area contributed by atoms with Gasteiger partial charge in [-0.1, -0.05) is 34.1 Å². The number of para-hydroxylation sites is 1. The minimum Gasteiger partial charge on any atom is -0.496 e. The first-order valence-electron chi connectivity index (χ1n) is 8.68. The van der Waals surface area contributed by atoms with Crippen LogP contribution in [0.2, 0.25) is 0 Å². The highest BCUT2D eigenvalue weighted by molar-refractivity contribution is 9.10. The van der Waals surface area contributed by atoms with Crippen LogP contribution in [0.4, 0.5) is 0 Å². The van der Waals surface area contributed by atoms with Gasteiger partial charge in [0, 0.05) is 27.5 Å². The Bertz CT molecular complexity index is 965. The molecule has 0 aliphatic rings. The van der Waals surface area contributed by atoms with E-state index in [0.717, 1.165) is 26.7 Å². The molecule has 0 fully saturated rings. The van der Waals surface area contributed by atoms with Gasteiger partial charge in [0.2, 0.25) is 0 Å². The third-order valence-electron chi connectivity index (χ3n) is 4.68. The molecule has 0 bridgehead atoms. The fourth-order valence-electron chi connectivity index (χ4n) is 3.19. The summed E-state index contributed by atoms with van der Waals surface area (Å²) in [5.74, 6) is 0.928. The summed E-state index contributed by atoms with van der Waals surface area (Å²) >= 11 is 3.46. The second kappa shape index (κ2) is 8.15. The van der Waals surface area contributed by atoms with Crippen molar-refractivity contribution in [2.24, 2.45) is 0 Å². The third kappa shape index (κ3) is 4.01. The average Bonchev–Trinajstić information content (AvgIpc) is 2.98. The Hall–Kier alpha value is -2.31. The van der Waals surface area contributed by atoms with Crippen molar-refractivity contribution in [2.75, 3.05) is 27.7 Å². The topological polar surface area (TPSA) is 54.7 Å². The van der Waals surface area contributed by atoms with Gasteiger partial charge in [0.1, 0.15) is 11.3 Å². The van der Waals surface area contributed by atoms with E-state index in [-0.39, 0.29) is 11.9 Å². The molecule has 2 aromatic carbocycles. The maximum absolute atomic E-state index is 12.8. The number of likely N-dealkylation sites (N-methyl/N-ethyl adjacent to an activating group) is 1. The molecule has 27 heavy (non-hydrogen) atoms. The molecule has 6 heteroatoms. The fourth-order valence-corrected chi connectivity index (χ4v) is 3.55. The minimum absolute atomic E-state index is 0.0241. The number of carbonyl (C=O) groups is 1. The number of benzene rings is 2. The summed E-state index contributed by atoms with van der Waals surface area (Å²) in [5.41, 5.74) is 2.56. The molecule has 142 valence electrons. The van der Waals surface area contributed by atoms with Gasteiger partial charge in [-0.05, 0) is 45.3 Å². The molecule has 0 saturated carbocycles. The lowest BCUT2D eigenvalue weighted by Crippen LogP contribution is -2.34. The number of hydrogen-bond acceptors (Lipinski definition) is 4. The van der Waals surface area contributed by atoms with E-state index in [4.69, 9.17) is 9.15 Å². The van der Waals surface area contributed by atoms with Crippen molar-refractivity contribution in [1.29, 1.82) is 0 Å². The number of carbonyl (C=O) groups excluding carboxylic acids is 1. The Morgan fingerprint density at radius 1 is 1.26 bits per heavy atom. The first-order chi connectivity index (χ1) is 12.9. The van der Waals surface area contributed by atoms with E-state index in [1.54, 1.807) is 7.11 Å². The zero-order valence-electron chi connectivity index (χ0n) is 15.9. The lowest BCUT2D eigenvalue weighted by atomic mass is 10.0. The van der Waals surface area contributed by atoms with E-state index in [1.807, 2.05) is 63.5 Å². The van der Waals surface area contributed by atoms with E-state index >= 15 is 0 Å². The summed E-state index contributed by atoms with van der Waals surface area (Å²) in [6, 6.07) is 13.5. The number of fused-ring (bicyclic) bond motifs is 1. The van der Waals surface area contributed by atoms with Gasteiger partial charge >= 0.3 is 0 Å². The molecule has 1 heterocycles. The standard InChI is InChI=1S/C21H23BrN2O3/c1-13-16-11-14(22)9-10-19(16)27-20(13)21(25)23-12-17(24(2)3)15-7-5-6-8-18(15)26-4/h5-11,17H,12H2,1-4H3,(H,23,25)/t17-/m0/s1. The van der Waals surface area contributed by atoms with E-state index in [2.05, 4.69) is 26.1 Å². The van der Waals surface area contributed by atoms with Crippen LogP contribution in [-0.4, -0.2) is 38.6 Å². The smallest absolute Gasteiger partial charge is 0.287 e. The van der Waals surface area contributed by atoms with Crippen LogP contribution >= 0.6 is 15.9 Å². The van der Waals surface area contributed by atoms with Crippen LogP contribution in [0.5, 0.6) is 5.75 Å². The van der Waals surface area contributed by atoms with E-state index in [9.17, 15) is 4.79 Å². The van der Waals surface area contributed by atoms with Crippen LogP contribution in [0, 0.1) is 6.92 Å². The van der Waals surface area contributed by atoms with Gasteiger partial charge in [-0.15, -0.1) is 0 Å². The number of rotatable bonds is 6. The SMILES string of the molecule is COc1ccccc1[C@H](CNC(=O)c1oc2ccc(Br)cc2c1C)N(C)C. The summed E-state index contributed by atoms with van der Waals surface area (Å²) in [4.78, 5) is 14.8. The predicted octanol–water partition coefficient (Wildman–Crippen LogP) is 4.55. The van der Waals surface area contributed by atoms with Crippen molar-refractivity contribution in [3.05, 3.63) is 63.8 Å². The summed E-state index contributed by atoms with van der Waals surface area (Å²) in [7, 11) is 5.61. The highest BCUT2D eigenvalue weighted by Crippen LogP contribution is 2.29. The van der Waals surface area contributed by atoms with E-state index in [1.165, 1.54) is 0 Å². The van der Waals surface area contributed by atoms with Crippen LogP contribution in [0.25, 0.3) is 11.0 Å². The fraction of sp³-hybridized carbons (Fsp3) is 0.286. The zero-order chi connectivity index (χ0) is 19.6. The number of hydrogen-bond donors (Lipinski definition) is 1. The van der Waals surface area contributed by atoms with Gasteiger partial charge in [0.25, 0.3) is 5.91 Å². The van der Waals surface area contributed by atoms with Crippen molar-refractivity contribution < 1.29 is 13.9 Å². The zero-order valence-corrected chi connectivity index (χ0v) is 17.5. The van der Waals surface area contributed by atoms with Crippen molar-refractivity contribution >= 4 is 32.8 Å². The van der Waals surface area contributed by atoms with Gasteiger partial charge in [-0.3, -0.25) is 4.79 Å². The first kappa shape index (κ1) is 19.5. The van der Waals surface area contributed by atoms with Crippen LogP contribution in [0.1, 0.15) is 27.7 Å². The quantitative estimate of drug-likeness (QED) is 0.623. The highest BCUT2D eigenvalue weighted by atomic mass is 79.9. The van der Waals surface area contributed by atoms with Gasteiger partial charge < -0.3 is 19.4 Å². The number of aryl methyl sites for hydroxylation is 1. The Labute approximate surface area is 167 Å². The molecular weight excluding hydrogens is 408 g/mol. The van der Waals surface area contributed by atoms with E-state index in [0.29, 0.717) is 17.9 Å². The molecule has 5 nitrogen and oxygen atoms in total. The van der Waals surface area contributed by atoms with Crippen molar-refractivity contribution in [3.8, 4) is 5.75 Å². The second-order valence-corrected chi connectivity index (χ2v) is 7.54. The molecule has 1 atom stereocenters. The lowest BCUT2D eigenvalue weighted by molar-refractivity contribution is 0.0915. The van der Waals surface area contributed by atoms with Crippen LogP contribution in [0.3, 0.4) is 0 Å². The Kier molecular flexibility index (Phi) is 5.87. The minimum atomic E-state index is -0.221. The molecule has 0 unspecified atom stereocenters. The third-order valence-corrected chi connectivity index (χ3v) is 5.17. The summed E-state index contributed by atoms with van der Waals surface area (Å²) in [5, 5.41) is 3.94. The van der Waals surface area contributed by atoms with Crippen molar-refractivity contribution in [3.63, 3.8) is 0 Å². The summed E-state index contributed by atoms with van der Waals surface area (Å²) < 4.78 is 12.2. The Morgan fingerprint density at radius 2 is 2.00 bits per heavy atom. The van der Waals surface area contributed by atoms with Gasteiger partial charge in [0.05, 0.1) is 13.2 Å². The summed E-state index contributed by atoms with van der Waals surface area (Å²) in [6.45, 7) is 2.34. The number of amides is 1. The average molecular weight is 431 g/mol. The Morgan fingerprint density at radius 3 is 2.70 bits per heavy atom. The van der Waals surface area contributed by atoms with E-state index < -0.39 is 0 Å². The molecule has 0 aliphatic carbocycles. The molecule has 0 aliphatic heterocycles. The normalized spacial score (nSPS) is 12.4. The van der Waals surface area contributed by atoms with Gasteiger partial charge in [-0.25, -0.2) is 0 Å². The number of furan rings is 1. The molecule has 1 N–H and O–H groups in total. The summed E-state index contributed by atoms with van der Waals surface area (Å²) in [6.07, 6.45) is 0. The molecule has 0 saturated heterocycles. The molecule has 1 aromatic heterocycles. The predicted molar refractivity (Wildman–Crippen MR) is 110 cm³/mol. The van der Waals surface area contributed by atoms with Crippen LogP contribution in [0.15, 0.2) is 51.4 Å². The van der Waals surface area contributed by atoms with Gasteiger partial charge in [0.15, 0.2) is 5.76 Å². The molecular formula is C21H23BrN2O3. The van der Waals surface area contributed by atoms with Crippen LogP contribution < -0.4 is 10.1 Å². The number of ether oxygens (including phenoxy) is 1. The number of methoxy groups -OCH3 is 1. The second-order valence-electron chi connectivity index (χ2n) is 6.63. The largest absolute Gasteiger partial charge is 0.496 e. The number of nitrogens with one attached hydrogen (secondary N) is 1. The Balaban J connectivity index is 1.82. The molecule has 3 rings (SSSR count). The molecule has 0 radical (unpaired) electrons. The number of halogens is 1. The van der Waals surface area contributed by atoms with Crippen molar-refractivity contribution in [1.82, 2.24) is 10.2 Å². The maximum atomic E-state index is 12.8. The number of nitrogens with zero attached hydrogens (tertiary/aromatic N) is 1. The molecule has 0 spiro atoms. The molecule has 1 amide bonds. The monoisotopic (exact) mass is 430 g/mol.